The van der Waals surface area contributed by atoms with Crippen LogP contribution in [0.2, 0.25) is 0 Å². The maximum atomic E-state index is 13.3. The van der Waals surface area contributed by atoms with Crippen molar-refractivity contribution in [1.82, 2.24) is 9.29 Å². The maximum Gasteiger partial charge on any atom is 0.258 e. The van der Waals surface area contributed by atoms with E-state index < -0.39 is 15.9 Å². The van der Waals surface area contributed by atoms with E-state index in [1.54, 1.807) is 25.0 Å². The van der Waals surface area contributed by atoms with Gasteiger partial charge in [0.2, 0.25) is 5.91 Å². The van der Waals surface area contributed by atoms with Crippen molar-refractivity contribution in [3.8, 4) is 0 Å². The number of nitrogens with one attached hydrogen (secondary N) is 1. The van der Waals surface area contributed by atoms with E-state index in [1.165, 1.54) is 9.82 Å². The Morgan fingerprint density at radius 1 is 1.28 bits per heavy atom. The molecule has 2 aromatic carbocycles. The van der Waals surface area contributed by atoms with Crippen LogP contribution in [-0.2, 0) is 19.6 Å². The molecule has 1 N–H and O–H groups in total. The molecule has 190 valence electrons. The second-order valence-electron chi connectivity index (χ2n) is 9.08. The van der Waals surface area contributed by atoms with Gasteiger partial charge in [0.25, 0.3) is 15.9 Å². The van der Waals surface area contributed by atoms with E-state index in [9.17, 15) is 18.0 Å². The summed E-state index contributed by atoms with van der Waals surface area (Å²) in [6.45, 7) is 3.29. The lowest BCUT2D eigenvalue weighted by molar-refractivity contribution is -0.120. The molecule has 5 rings (SSSR count). The van der Waals surface area contributed by atoms with Gasteiger partial charge in [0.05, 0.1) is 22.8 Å². The van der Waals surface area contributed by atoms with Crippen LogP contribution < -0.4 is 10.2 Å². The molecular formula is C25H28N4O5S2. The minimum atomic E-state index is -3.69. The molecule has 9 nitrogen and oxygen atoms in total. The molecule has 0 radical (unpaired) electrons. The molecule has 0 saturated carbocycles. The number of nitrogens with zero attached hydrogens (tertiary/aromatic N) is 3. The maximum absolute atomic E-state index is 13.3. The van der Waals surface area contributed by atoms with Crippen molar-refractivity contribution in [1.29, 1.82) is 0 Å². The Bertz CT molecular complexity index is 1440. The second-order valence-corrected chi connectivity index (χ2v) is 12.1. The molecule has 3 aromatic rings. The van der Waals surface area contributed by atoms with Gasteiger partial charge >= 0.3 is 0 Å². The molecule has 0 bridgehead atoms. The Morgan fingerprint density at radius 3 is 2.86 bits per heavy atom. The second kappa shape index (κ2) is 9.89. The number of amides is 2. The number of hydrogen-bond acceptors (Lipinski definition) is 7. The predicted molar refractivity (Wildman–Crippen MR) is 139 cm³/mol. The van der Waals surface area contributed by atoms with E-state index in [2.05, 4.69) is 10.3 Å². The van der Waals surface area contributed by atoms with Crippen LogP contribution in [0.4, 0.5) is 11.4 Å². The Labute approximate surface area is 214 Å². The van der Waals surface area contributed by atoms with Gasteiger partial charge in [-0.1, -0.05) is 12.1 Å². The number of sulfonamides is 1. The minimum Gasteiger partial charge on any atom is -0.385 e. The number of hydrogen-bond donors (Lipinski definition) is 1. The average Bonchev–Trinajstić information content (AvgIpc) is 3.44. The number of ether oxygens (including phenoxy) is 1. The van der Waals surface area contributed by atoms with Crippen molar-refractivity contribution in [3.05, 3.63) is 47.1 Å². The first-order valence-corrected chi connectivity index (χ1v) is 14.2. The van der Waals surface area contributed by atoms with Crippen LogP contribution in [0.25, 0.3) is 10.8 Å². The molecule has 2 aliphatic rings. The van der Waals surface area contributed by atoms with Gasteiger partial charge in [0.1, 0.15) is 0 Å². The van der Waals surface area contributed by atoms with E-state index in [-0.39, 0.29) is 22.6 Å². The number of anilines is 2. The van der Waals surface area contributed by atoms with Crippen molar-refractivity contribution in [2.75, 3.05) is 43.6 Å². The summed E-state index contributed by atoms with van der Waals surface area (Å²) in [7, 11) is -2.05. The zero-order valence-electron chi connectivity index (χ0n) is 20.2. The van der Waals surface area contributed by atoms with Crippen molar-refractivity contribution < 1.29 is 22.7 Å². The third kappa shape index (κ3) is 4.30. The lowest BCUT2D eigenvalue weighted by Gasteiger charge is -2.31. The van der Waals surface area contributed by atoms with Crippen LogP contribution in [0, 0.1) is 12.8 Å². The molecule has 1 fully saturated rings. The molecule has 3 heterocycles. The average molecular weight is 529 g/mol. The molecular weight excluding hydrogens is 500 g/mol. The smallest absolute Gasteiger partial charge is 0.258 e. The van der Waals surface area contributed by atoms with E-state index >= 15 is 0 Å². The number of carbonyl (C=O) groups is 2. The monoisotopic (exact) mass is 528 g/mol. The first-order valence-electron chi connectivity index (χ1n) is 11.9. The summed E-state index contributed by atoms with van der Waals surface area (Å²) >= 11 is 1.10. The summed E-state index contributed by atoms with van der Waals surface area (Å²) < 4.78 is 33.0. The lowest BCUT2D eigenvalue weighted by atomic mass is 9.98. The van der Waals surface area contributed by atoms with Gasteiger partial charge in [-0.2, -0.15) is 4.31 Å². The molecule has 0 spiro atoms. The number of aromatic nitrogens is 1. The van der Waals surface area contributed by atoms with Gasteiger partial charge in [-0.15, -0.1) is 11.3 Å². The number of methoxy groups -OCH3 is 1. The fraction of sp³-hybridized carbons (Fsp3) is 0.400. The Hall–Kier alpha value is -2.86. The first-order chi connectivity index (χ1) is 17.3. The summed E-state index contributed by atoms with van der Waals surface area (Å²) in [6, 6.07) is 9.21. The topological polar surface area (TPSA) is 109 Å². The molecule has 1 unspecified atom stereocenters. The van der Waals surface area contributed by atoms with Gasteiger partial charge in [0, 0.05) is 55.4 Å². The molecule has 36 heavy (non-hydrogen) atoms. The van der Waals surface area contributed by atoms with E-state index in [0.29, 0.717) is 49.5 Å². The van der Waals surface area contributed by atoms with Gasteiger partial charge in [-0.05, 0) is 44.4 Å². The predicted octanol–water partition coefficient (Wildman–Crippen LogP) is 3.64. The minimum absolute atomic E-state index is 0.0540. The molecule has 2 amide bonds. The van der Waals surface area contributed by atoms with Crippen molar-refractivity contribution in [2.24, 2.45) is 5.92 Å². The number of thiazole rings is 1. The van der Waals surface area contributed by atoms with Crippen LogP contribution in [0.3, 0.4) is 0 Å². The summed E-state index contributed by atoms with van der Waals surface area (Å²) in [5, 5.41) is 4.64. The molecule has 11 heteroatoms. The fourth-order valence-electron chi connectivity index (χ4n) is 5.01. The summed E-state index contributed by atoms with van der Waals surface area (Å²) in [5.41, 5.74) is 4.06. The quantitative estimate of drug-likeness (QED) is 0.447. The standard InChI is InChI=1S/C25H28N4O5S2/c1-16-25(35-15-26-16)36(32,33)28-11-4-6-17(14-28)23(30)27-20-9-10-21-22-18(20)7-3-8-19(22)24(31)29(21)12-5-13-34-2/h3,7-10,15,17H,4-6,11-14H2,1-2H3,(H,27,30). The number of carbonyl (C=O) groups excluding carboxylic acids is 2. The number of benzene rings is 2. The fourth-order valence-corrected chi connectivity index (χ4v) is 7.88. The van der Waals surface area contributed by atoms with Gasteiger partial charge in [-0.3, -0.25) is 9.59 Å². The lowest BCUT2D eigenvalue weighted by Crippen LogP contribution is -2.43. The number of aryl methyl sites for hydroxylation is 1. The zero-order valence-corrected chi connectivity index (χ0v) is 21.8. The molecule has 0 aliphatic carbocycles. The van der Waals surface area contributed by atoms with Crippen molar-refractivity contribution in [3.63, 3.8) is 0 Å². The molecule has 1 aromatic heterocycles. The Kier molecular flexibility index (Phi) is 6.82. The third-order valence-corrected chi connectivity index (χ3v) is 10.2. The van der Waals surface area contributed by atoms with E-state index in [0.717, 1.165) is 34.2 Å². The number of piperidine rings is 1. The third-order valence-electron chi connectivity index (χ3n) is 6.80. The summed E-state index contributed by atoms with van der Waals surface area (Å²) in [4.78, 5) is 32.2. The zero-order chi connectivity index (χ0) is 25.4. The van der Waals surface area contributed by atoms with Gasteiger partial charge in [-0.25, -0.2) is 13.4 Å². The number of rotatable bonds is 8. The van der Waals surface area contributed by atoms with Crippen LogP contribution in [0.15, 0.2) is 40.1 Å². The molecule has 1 atom stereocenters. The summed E-state index contributed by atoms with van der Waals surface area (Å²) in [5.74, 6) is -0.753. The highest BCUT2D eigenvalue weighted by Gasteiger charge is 2.36. The van der Waals surface area contributed by atoms with Crippen molar-refractivity contribution in [2.45, 2.75) is 30.4 Å². The highest BCUT2D eigenvalue weighted by molar-refractivity contribution is 7.91. The van der Waals surface area contributed by atoms with Gasteiger partial charge < -0.3 is 15.0 Å². The van der Waals surface area contributed by atoms with Crippen LogP contribution >= 0.6 is 11.3 Å². The summed E-state index contributed by atoms with van der Waals surface area (Å²) in [6.07, 6.45) is 1.93. The van der Waals surface area contributed by atoms with Crippen LogP contribution in [-0.4, -0.2) is 62.9 Å². The Morgan fingerprint density at radius 2 is 2.11 bits per heavy atom. The molecule has 1 saturated heterocycles. The normalized spacial score (nSPS) is 18.2. The van der Waals surface area contributed by atoms with Crippen LogP contribution in [0.1, 0.15) is 35.3 Å². The highest BCUT2D eigenvalue weighted by Crippen LogP contribution is 2.41. The SMILES string of the molecule is COCCCN1C(=O)c2cccc3c(NC(=O)C4CCCN(S(=O)(=O)c5scnc5C)C4)ccc1c23. The highest BCUT2D eigenvalue weighted by atomic mass is 32.2. The Balaban J connectivity index is 1.37. The van der Waals surface area contributed by atoms with Gasteiger partial charge in [0.15, 0.2) is 4.21 Å². The molecule has 2 aliphatic heterocycles. The first kappa shape index (κ1) is 24.8. The van der Waals surface area contributed by atoms with Crippen LogP contribution in [0.5, 0.6) is 0 Å². The largest absolute Gasteiger partial charge is 0.385 e. The van der Waals surface area contributed by atoms with Crippen molar-refractivity contribution >= 4 is 55.3 Å². The van der Waals surface area contributed by atoms with E-state index in [1.807, 2.05) is 24.3 Å². The van der Waals surface area contributed by atoms with E-state index in [4.69, 9.17) is 4.74 Å².